The van der Waals surface area contributed by atoms with E-state index in [1.165, 1.54) is 11.3 Å². The minimum atomic E-state index is -0.265. The maximum Gasteiger partial charge on any atom is 0.260 e. The zero-order valence-corrected chi connectivity index (χ0v) is 16.9. The van der Waals surface area contributed by atoms with Gasteiger partial charge in [-0.1, -0.05) is 11.3 Å². The van der Waals surface area contributed by atoms with E-state index in [9.17, 15) is 4.79 Å². The average Bonchev–Trinajstić information content (AvgIpc) is 3.02. The van der Waals surface area contributed by atoms with Crippen LogP contribution >= 0.6 is 27.3 Å². The maximum atomic E-state index is 12.5. The Balaban J connectivity index is 1.62. The number of thiazole rings is 1. The van der Waals surface area contributed by atoms with E-state index in [-0.39, 0.29) is 5.91 Å². The largest absolute Gasteiger partial charge is 0.298 e. The molecule has 4 heterocycles. The van der Waals surface area contributed by atoms with Crippen molar-refractivity contribution in [3.8, 4) is 11.1 Å². The second kappa shape index (κ2) is 7.13. The number of hydrogen-bond donors (Lipinski definition) is 1. The molecule has 0 unspecified atom stereocenters. The highest BCUT2D eigenvalue weighted by Gasteiger charge is 2.14. The molecule has 0 saturated carbocycles. The molecule has 4 rings (SSSR count). The molecule has 27 heavy (non-hydrogen) atoms. The van der Waals surface area contributed by atoms with E-state index in [1.807, 2.05) is 32.0 Å². The fourth-order valence-corrected chi connectivity index (χ4v) is 4.09. The summed E-state index contributed by atoms with van der Waals surface area (Å²) >= 11 is 4.79. The minimum absolute atomic E-state index is 0.265. The van der Waals surface area contributed by atoms with Crippen molar-refractivity contribution < 1.29 is 4.79 Å². The second-order valence-electron chi connectivity index (χ2n) is 6.01. The van der Waals surface area contributed by atoms with Crippen LogP contribution in [0.5, 0.6) is 0 Å². The fraction of sp³-hybridized carbons (Fsp3) is 0.105. The zero-order valence-electron chi connectivity index (χ0n) is 14.5. The van der Waals surface area contributed by atoms with Crippen molar-refractivity contribution in [1.82, 2.24) is 19.9 Å². The van der Waals surface area contributed by atoms with Crippen LogP contribution in [0, 0.1) is 13.8 Å². The standard InChI is InChI=1S/C19H14BrN5OS/c1-10-5-12(3-4-21-10)13-7-16-17(23-8-13)24-19(27-16)25-18(26)14-9-22-11(2)6-15(14)20/h3-9H,1-2H3,(H,23,24,25,26). The lowest BCUT2D eigenvalue weighted by molar-refractivity contribution is 0.102. The second-order valence-corrected chi connectivity index (χ2v) is 7.90. The van der Waals surface area contributed by atoms with Gasteiger partial charge < -0.3 is 0 Å². The summed E-state index contributed by atoms with van der Waals surface area (Å²) in [4.78, 5) is 29.7. The average molecular weight is 440 g/mol. The number of nitrogens with zero attached hydrogens (tertiary/aromatic N) is 4. The van der Waals surface area contributed by atoms with Crippen LogP contribution in [0.4, 0.5) is 5.13 Å². The van der Waals surface area contributed by atoms with Crippen molar-refractivity contribution in [2.45, 2.75) is 13.8 Å². The summed E-state index contributed by atoms with van der Waals surface area (Å²) in [6.07, 6.45) is 5.10. The van der Waals surface area contributed by atoms with E-state index in [1.54, 1.807) is 24.7 Å². The number of carbonyl (C=O) groups is 1. The van der Waals surface area contributed by atoms with Crippen LogP contribution in [0.1, 0.15) is 21.7 Å². The number of amides is 1. The van der Waals surface area contributed by atoms with Crippen LogP contribution < -0.4 is 5.32 Å². The van der Waals surface area contributed by atoms with Crippen molar-refractivity contribution in [1.29, 1.82) is 0 Å². The van der Waals surface area contributed by atoms with Gasteiger partial charge in [0, 0.05) is 40.0 Å². The quantitative estimate of drug-likeness (QED) is 0.496. The van der Waals surface area contributed by atoms with Crippen molar-refractivity contribution in [2.24, 2.45) is 0 Å². The van der Waals surface area contributed by atoms with Gasteiger partial charge in [0.2, 0.25) is 0 Å². The first kappa shape index (κ1) is 17.7. The predicted molar refractivity (Wildman–Crippen MR) is 110 cm³/mol. The molecule has 0 fully saturated rings. The van der Waals surface area contributed by atoms with Crippen LogP contribution in [-0.4, -0.2) is 25.8 Å². The van der Waals surface area contributed by atoms with Crippen molar-refractivity contribution in [3.05, 3.63) is 64.3 Å². The van der Waals surface area contributed by atoms with E-state index in [0.29, 0.717) is 20.8 Å². The molecule has 1 N–H and O–H groups in total. The van der Waals surface area contributed by atoms with E-state index in [4.69, 9.17) is 0 Å². The van der Waals surface area contributed by atoms with Crippen LogP contribution in [0.3, 0.4) is 0 Å². The molecule has 0 spiro atoms. The fourth-order valence-electron chi connectivity index (χ4n) is 2.61. The molecular formula is C19H14BrN5OS. The van der Waals surface area contributed by atoms with Crippen molar-refractivity contribution in [3.63, 3.8) is 0 Å². The third-order valence-electron chi connectivity index (χ3n) is 3.93. The number of hydrogen-bond acceptors (Lipinski definition) is 6. The number of aromatic nitrogens is 4. The van der Waals surface area contributed by atoms with Gasteiger partial charge in [0.15, 0.2) is 10.8 Å². The number of aryl methyl sites for hydroxylation is 2. The first-order valence-corrected chi connectivity index (χ1v) is 9.73. The highest BCUT2D eigenvalue weighted by molar-refractivity contribution is 9.10. The summed E-state index contributed by atoms with van der Waals surface area (Å²) in [6, 6.07) is 7.78. The molecule has 0 aliphatic heterocycles. The number of pyridine rings is 3. The monoisotopic (exact) mass is 439 g/mol. The number of fused-ring (bicyclic) bond motifs is 1. The summed E-state index contributed by atoms with van der Waals surface area (Å²) in [5.41, 5.74) is 4.88. The molecule has 8 heteroatoms. The molecule has 134 valence electrons. The molecule has 4 aromatic heterocycles. The smallest absolute Gasteiger partial charge is 0.260 e. The van der Waals surface area contributed by atoms with Gasteiger partial charge in [0.1, 0.15) is 0 Å². The molecule has 0 aliphatic carbocycles. The summed E-state index contributed by atoms with van der Waals surface area (Å²) in [5.74, 6) is -0.265. The van der Waals surface area contributed by atoms with Crippen molar-refractivity contribution in [2.75, 3.05) is 5.32 Å². The summed E-state index contributed by atoms with van der Waals surface area (Å²) in [7, 11) is 0. The van der Waals surface area contributed by atoms with Gasteiger partial charge in [0.25, 0.3) is 5.91 Å². The Labute approximate surface area is 167 Å². The Hall–Kier alpha value is -2.71. The van der Waals surface area contributed by atoms with Crippen LogP contribution in [0.25, 0.3) is 21.5 Å². The topological polar surface area (TPSA) is 80.7 Å². The van der Waals surface area contributed by atoms with Gasteiger partial charge in [-0.05, 0) is 59.6 Å². The van der Waals surface area contributed by atoms with E-state index in [2.05, 4.69) is 41.2 Å². The Morgan fingerprint density at radius 2 is 1.85 bits per heavy atom. The number of nitrogens with one attached hydrogen (secondary N) is 1. The normalized spacial score (nSPS) is 10.9. The molecule has 1 amide bonds. The summed E-state index contributed by atoms with van der Waals surface area (Å²) in [6.45, 7) is 3.82. The molecule has 0 bridgehead atoms. The Morgan fingerprint density at radius 1 is 1.04 bits per heavy atom. The van der Waals surface area contributed by atoms with Gasteiger partial charge in [-0.2, -0.15) is 4.98 Å². The zero-order chi connectivity index (χ0) is 19.0. The first-order chi connectivity index (χ1) is 13.0. The minimum Gasteiger partial charge on any atom is -0.298 e. The summed E-state index contributed by atoms with van der Waals surface area (Å²) < 4.78 is 1.60. The summed E-state index contributed by atoms with van der Waals surface area (Å²) in [5, 5.41) is 3.32. The van der Waals surface area contributed by atoms with Crippen molar-refractivity contribution >= 4 is 48.7 Å². The first-order valence-electron chi connectivity index (χ1n) is 8.13. The molecule has 0 radical (unpaired) electrons. The Bertz CT molecular complexity index is 1170. The third-order valence-corrected chi connectivity index (χ3v) is 5.50. The molecule has 4 aromatic rings. The molecule has 0 saturated heterocycles. The van der Waals surface area contributed by atoms with Gasteiger partial charge in [-0.3, -0.25) is 20.1 Å². The van der Waals surface area contributed by atoms with Crippen LogP contribution in [0.2, 0.25) is 0 Å². The Kier molecular flexibility index (Phi) is 4.67. The van der Waals surface area contributed by atoms with E-state index < -0.39 is 0 Å². The lowest BCUT2D eigenvalue weighted by Crippen LogP contribution is -2.13. The highest BCUT2D eigenvalue weighted by Crippen LogP contribution is 2.29. The number of anilines is 1. The number of carbonyl (C=O) groups excluding carboxylic acids is 1. The SMILES string of the molecule is Cc1cc(-c2cnc3nc(NC(=O)c4cnc(C)cc4Br)sc3c2)ccn1. The van der Waals surface area contributed by atoms with Gasteiger partial charge >= 0.3 is 0 Å². The molecule has 0 atom stereocenters. The number of halogens is 1. The molecule has 6 nitrogen and oxygen atoms in total. The van der Waals surface area contributed by atoms with E-state index >= 15 is 0 Å². The van der Waals surface area contributed by atoms with E-state index in [0.717, 1.165) is 27.2 Å². The lowest BCUT2D eigenvalue weighted by Gasteiger charge is -2.04. The van der Waals surface area contributed by atoms with Gasteiger partial charge in [-0.15, -0.1) is 0 Å². The molecule has 0 aromatic carbocycles. The maximum absolute atomic E-state index is 12.5. The number of rotatable bonds is 3. The van der Waals surface area contributed by atoms with Crippen LogP contribution in [-0.2, 0) is 0 Å². The lowest BCUT2D eigenvalue weighted by atomic mass is 10.1. The Morgan fingerprint density at radius 3 is 2.63 bits per heavy atom. The molecular weight excluding hydrogens is 426 g/mol. The van der Waals surface area contributed by atoms with Gasteiger partial charge in [0.05, 0.1) is 10.3 Å². The van der Waals surface area contributed by atoms with Gasteiger partial charge in [-0.25, -0.2) is 4.98 Å². The third kappa shape index (κ3) is 3.72. The van der Waals surface area contributed by atoms with Crippen LogP contribution in [0.15, 0.2) is 47.3 Å². The highest BCUT2D eigenvalue weighted by atomic mass is 79.9. The predicted octanol–water partition coefficient (Wildman–Crippen LogP) is 4.78. The molecule has 0 aliphatic rings.